The molecule has 1 nitrogen and oxygen atoms in total. The van der Waals surface area contributed by atoms with Crippen LogP contribution < -0.4 is 5.73 Å². The van der Waals surface area contributed by atoms with Crippen molar-refractivity contribution in [3.63, 3.8) is 0 Å². The first-order chi connectivity index (χ1) is 7.69. The summed E-state index contributed by atoms with van der Waals surface area (Å²) in [6.45, 7) is 4.30. The fourth-order valence-electron chi connectivity index (χ4n) is 1.51. The lowest BCUT2D eigenvalue weighted by molar-refractivity contribution is 0.641. The van der Waals surface area contributed by atoms with Gasteiger partial charge < -0.3 is 5.73 Å². The predicted molar refractivity (Wildman–Crippen MR) is 74.4 cm³/mol. The van der Waals surface area contributed by atoms with Gasteiger partial charge >= 0.3 is 0 Å². The Morgan fingerprint density at radius 3 is 2.75 bits per heavy atom. The summed E-state index contributed by atoms with van der Waals surface area (Å²) >= 11 is 8.07. The highest BCUT2D eigenvalue weighted by molar-refractivity contribution is 7.99. The van der Waals surface area contributed by atoms with E-state index in [0.29, 0.717) is 0 Å². The SMILES string of the molecule is CCCSc1c(Cl)cccc1CC(N)CC. The Balaban J connectivity index is 2.84. The van der Waals surface area contributed by atoms with Gasteiger partial charge in [-0.1, -0.05) is 37.6 Å². The quantitative estimate of drug-likeness (QED) is 0.776. The van der Waals surface area contributed by atoms with Crippen molar-refractivity contribution in [2.45, 2.75) is 44.0 Å². The van der Waals surface area contributed by atoms with E-state index in [0.717, 1.165) is 30.0 Å². The fraction of sp³-hybridized carbons (Fsp3) is 0.538. The molecule has 0 aliphatic heterocycles. The largest absolute Gasteiger partial charge is 0.327 e. The van der Waals surface area contributed by atoms with Crippen LogP contribution in [-0.2, 0) is 6.42 Å². The first kappa shape index (κ1) is 13.9. The zero-order chi connectivity index (χ0) is 12.0. The van der Waals surface area contributed by atoms with Gasteiger partial charge in [0, 0.05) is 10.9 Å². The van der Waals surface area contributed by atoms with E-state index in [1.807, 2.05) is 23.9 Å². The van der Waals surface area contributed by atoms with Crippen molar-refractivity contribution in [2.75, 3.05) is 5.75 Å². The Morgan fingerprint density at radius 2 is 2.12 bits per heavy atom. The molecule has 1 unspecified atom stereocenters. The molecular weight excluding hydrogens is 238 g/mol. The van der Waals surface area contributed by atoms with Gasteiger partial charge in [-0.25, -0.2) is 0 Å². The molecular formula is C13H20ClNS. The Hall–Kier alpha value is -0.180. The molecule has 0 bridgehead atoms. The summed E-state index contributed by atoms with van der Waals surface area (Å²) in [6.07, 6.45) is 3.09. The van der Waals surface area contributed by atoms with Crippen LogP contribution in [0.3, 0.4) is 0 Å². The summed E-state index contributed by atoms with van der Waals surface area (Å²) in [7, 11) is 0. The van der Waals surface area contributed by atoms with Crippen molar-refractivity contribution in [3.05, 3.63) is 28.8 Å². The van der Waals surface area contributed by atoms with Crippen LogP contribution in [0.2, 0.25) is 5.02 Å². The Bertz CT molecular complexity index is 328. The van der Waals surface area contributed by atoms with E-state index >= 15 is 0 Å². The van der Waals surface area contributed by atoms with Gasteiger partial charge in [-0.2, -0.15) is 0 Å². The molecule has 0 aliphatic carbocycles. The minimum Gasteiger partial charge on any atom is -0.327 e. The van der Waals surface area contributed by atoms with Crippen molar-refractivity contribution < 1.29 is 0 Å². The lowest BCUT2D eigenvalue weighted by Crippen LogP contribution is -2.21. The number of halogens is 1. The lowest BCUT2D eigenvalue weighted by atomic mass is 10.0. The second-order valence-corrected chi connectivity index (χ2v) is 5.46. The van der Waals surface area contributed by atoms with Crippen molar-refractivity contribution in [3.8, 4) is 0 Å². The molecule has 0 heterocycles. The maximum Gasteiger partial charge on any atom is 0.0544 e. The van der Waals surface area contributed by atoms with Gasteiger partial charge in [0.2, 0.25) is 0 Å². The van der Waals surface area contributed by atoms with E-state index in [1.54, 1.807) is 0 Å². The predicted octanol–water partition coefficient (Wildman–Crippen LogP) is 4.12. The van der Waals surface area contributed by atoms with Gasteiger partial charge in [-0.05, 0) is 36.6 Å². The van der Waals surface area contributed by atoms with Crippen molar-refractivity contribution in [1.82, 2.24) is 0 Å². The number of hydrogen-bond donors (Lipinski definition) is 1. The number of nitrogens with two attached hydrogens (primary N) is 1. The number of rotatable bonds is 6. The summed E-state index contributed by atoms with van der Waals surface area (Å²) < 4.78 is 0. The van der Waals surface area contributed by atoms with E-state index in [9.17, 15) is 0 Å². The first-order valence-corrected chi connectivity index (χ1v) is 7.21. The second-order valence-electron chi connectivity index (χ2n) is 3.95. The molecule has 0 amide bonds. The zero-order valence-electron chi connectivity index (χ0n) is 10.0. The van der Waals surface area contributed by atoms with Gasteiger partial charge in [-0.15, -0.1) is 11.8 Å². The van der Waals surface area contributed by atoms with E-state index in [-0.39, 0.29) is 6.04 Å². The summed E-state index contributed by atoms with van der Waals surface area (Å²) in [5.41, 5.74) is 7.29. The molecule has 1 rings (SSSR count). The van der Waals surface area contributed by atoms with Crippen LogP contribution in [-0.4, -0.2) is 11.8 Å². The first-order valence-electron chi connectivity index (χ1n) is 5.84. The molecule has 2 N–H and O–H groups in total. The Labute approximate surface area is 108 Å². The van der Waals surface area contributed by atoms with E-state index in [2.05, 4.69) is 19.9 Å². The summed E-state index contributed by atoms with van der Waals surface area (Å²) in [5.74, 6) is 1.11. The lowest BCUT2D eigenvalue weighted by Gasteiger charge is -2.14. The third-order valence-electron chi connectivity index (χ3n) is 2.51. The van der Waals surface area contributed by atoms with Gasteiger partial charge in [0.05, 0.1) is 5.02 Å². The molecule has 1 aromatic carbocycles. The van der Waals surface area contributed by atoms with Crippen LogP contribution in [0.5, 0.6) is 0 Å². The molecule has 0 aromatic heterocycles. The zero-order valence-corrected chi connectivity index (χ0v) is 11.6. The monoisotopic (exact) mass is 257 g/mol. The summed E-state index contributed by atoms with van der Waals surface area (Å²) in [6, 6.07) is 6.34. The summed E-state index contributed by atoms with van der Waals surface area (Å²) in [4.78, 5) is 1.22. The minimum atomic E-state index is 0.236. The number of thioether (sulfide) groups is 1. The molecule has 3 heteroatoms. The van der Waals surface area contributed by atoms with Crippen molar-refractivity contribution >= 4 is 23.4 Å². The maximum absolute atomic E-state index is 6.23. The third kappa shape index (κ3) is 4.00. The summed E-state index contributed by atoms with van der Waals surface area (Å²) in [5, 5.41) is 0.860. The van der Waals surface area contributed by atoms with E-state index in [1.165, 1.54) is 10.5 Å². The highest BCUT2D eigenvalue weighted by Gasteiger charge is 2.10. The second kappa shape index (κ2) is 7.21. The van der Waals surface area contributed by atoms with Crippen LogP contribution >= 0.6 is 23.4 Å². The van der Waals surface area contributed by atoms with E-state index in [4.69, 9.17) is 17.3 Å². The Kier molecular flexibility index (Phi) is 6.25. The Morgan fingerprint density at radius 1 is 1.38 bits per heavy atom. The van der Waals surface area contributed by atoms with Crippen LogP contribution in [0.25, 0.3) is 0 Å². The van der Waals surface area contributed by atoms with Crippen LogP contribution in [0, 0.1) is 0 Å². The van der Waals surface area contributed by atoms with Crippen LogP contribution in [0.15, 0.2) is 23.1 Å². The number of benzene rings is 1. The molecule has 0 spiro atoms. The van der Waals surface area contributed by atoms with Crippen LogP contribution in [0.4, 0.5) is 0 Å². The average molecular weight is 258 g/mol. The van der Waals surface area contributed by atoms with Gasteiger partial charge in [0.1, 0.15) is 0 Å². The topological polar surface area (TPSA) is 26.0 Å². The maximum atomic E-state index is 6.23. The normalized spacial score (nSPS) is 12.8. The third-order valence-corrected chi connectivity index (χ3v) is 4.32. The molecule has 0 fully saturated rings. The standard InChI is InChI=1S/C13H20ClNS/c1-3-8-16-13-10(9-11(15)4-2)6-5-7-12(13)14/h5-7,11H,3-4,8-9,15H2,1-2H3. The molecule has 0 aliphatic rings. The van der Waals surface area contributed by atoms with Crippen molar-refractivity contribution in [1.29, 1.82) is 0 Å². The fourth-order valence-corrected chi connectivity index (χ4v) is 2.82. The molecule has 0 saturated carbocycles. The molecule has 0 radical (unpaired) electrons. The van der Waals surface area contributed by atoms with Crippen molar-refractivity contribution in [2.24, 2.45) is 5.73 Å². The highest BCUT2D eigenvalue weighted by atomic mass is 35.5. The molecule has 90 valence electrons. The van der Waals surface area contributed by atoms with Gasteiger partial charge in [0.25, 0.3) is 0 Å². The molecule has 1 aromatic rings. The number of hydrogen-bond acceptors (Lipinski definition) is 2. The van der Waals surface area contributed by atoms with E-state index < -0.39 is 0 Å². The smallest absolute Gasteiger partial charge is 0.0544 e. The highest BCUT2D eigenvalue weighted by Crippen LogP contribution is 2.31. The molecule has 1 atom stereocenters. The van der Waals surface area contributed by atoms with Crippen LogP contribution in [0.1, 0.15) is 32.3 Å². The van der Waals surface area contributed by atoms with Gasteiger partial charge in [-0.3, -0.25) is 0 Å². The molecule has 0 saturated heterocycles. The van der Waals surface area contributed by atoms with Gasteiger partial charge in [0.15, 0.2) is 0 Å². The average Bonchev–Trinajstić information content (AvgIpc) is 2.28. The minimum absolute atomic E-state index is 0.236. The molecule has 16 heavy (non-hydrogen) atoms.